The van der Waals surface area contributed by atoms with Crippen LogP contribution in [-0.2, 0) is 4.74 Å². The SMILES string of the molecule is N#C/C=C/c1ccc(OCC2CO2)cc1. The third kappa shape index (κ3) is 3.12. The van der Waals surface area contributed by atoms with Crippen LogP contribution in [-0.4, -0.2) is 19.3 Å². The fourth-order valence-electron chi connectivity index (χ4n) is 1.16. The Morgan fingerprint density at radius 3 is 2.80 bits per heavy atom. The highest BCUT2D eigenvalue weighted by Gasteiger charge is 2.22. The number of rotatable bonds is 4. The summed E-state index contributed by atoms with van der Waals surface area (Å²) in [6.45, 7) is 1.43. The average molecular weight is 201 g/mol. The van der Waals surface area contributed by atoms with Gasteiger partial charge in [-0.05, 0) is 23.8 Å². The summed E-state index contributed by atoms with van der Waals surface area (Å²) >= 11 is 0. The van der Waals surface area contributed by atoms with Crippen LogP contribution in [0.2, 0.25) is 0 Å². The highest BCUT2D eigenvalue weighted by molar-refractivity contribution is 5.52. The lowest BCUT2D eigenvalue weighted by molar-refractivity contribution is 0.263. The Hall–Kier alpha value is -1.79. The van der Waals surface area contributed by atoms with Gasteiger partial charge in [-0.2, -0.15) is 5.26 Å². The molecule has 1 aromatic rings. The number of hydrogen-bond acceptors (Lipinski definition) is 3. The van der Waals surface area contributed by atoms with Crippen LogP contribution >= 0.6 is 0 Å². The zero-order chi connectivity index (χ0) is 10.5. The van der Waals surface area contributed by atoms with Crippen LogP contribution in [0, 0.1) is 11.3 Å². The van der Waals surface area contributed by atoms with E-state index in [2.05, 4.69) is 0 Å². The monoisotopic (exact) mass is 201 g/mol. The predicted octanol–water partition coefficient (Wildman–Crippen LogP) is 2.00. The van der Waals surface area contributed by atoms with Crippen molar-refractivity contribution in [3.05, 3.63) is 35.9 Å². The first-order chi connectivity index (χ1) is 7.38. The fraction of sp³-hybridized carbons (Fsp3) is 0.250. The lowest BCUT2D eigenvalue weighted by atomic mass is 10.2. The zero-order valence-electron chi connectivity index (χ0n) is 8.22. The molecular formula is C12H11NO2. The highest BCUT2D eigenvalue weighted by Crippen LogP contribution is 2.16. The highest BCUT2D eigenvalue weighted by atomic mass is 16.6. The van der Waals surface area contributed by atoms with Crippen LogP contribution in [0.25, 0.3) is 6.08 Å². The summed E-state index contributed by atoms with van der Waals surface area (Å²) in [6.07, 6.45) is 3.49. The largest absolute Gasteiger partial charge is 0.491 e. The second-order valence-corrected chi connectivity index (χ2v) is 3.30. The number of ether oxygens (including phenoxy) is 2. The molecule has 0 aliphatic carbocycles. The maximum atomic E-state index is 8.36. The molecule has 2 rings (SSSR count). The maximum Gasteiger partial charge on any atom is 0.119 e. The van der Waals surface area contributed by atoms with Crippen molar-refractivity contribution in [1.29, 1.82) is 5.26 Å². The van der Waals surface area contributed by atoms with Crippen molar-refractivity contribution in [3.8, 4) is 11.8 Å². The predicted molar refractivity (Wildman–Crippen MR) is 56.3 cm³/mol. The Balaban J connectivity index is 1.91. The van der Waals surface area contributed by atoms with Crippen LogP contribution < -0.4 is 4.74 Å². The van der Waals surface area contributed by atoms with Gasteiger partial charge in [-0.1, -0.05) is 12.1 Å². The second-order valence-electron chi connectivity index (χ2n) is 3.30. The normalized spacial score (nSPS) is 18.7. The number of allylic oxidation sites excluding steroid dienone is 1. The third-order valence-electron chi connectivity index (χ3n) is 2.07. The Labute approximate surface area is 88.5 Å². The molecule has 0 saturated carbocycles. The van der Waals surface area contributed by atoms with E-state index < -0.39 is 0 Å². The van der Waals surface area contributed by atoms with Crippen LogP contribution in [0.1, 0.15) is 5.56 Å². The van der Waals surface area contributed by atoms with E-state index in [0.29, 0.717) is 6.61 Å². The summed E-state index contributed by atoms with van der Waals surface area (Å²) in [5.74, 6) is 0.833. The van der Waals surface area contributed by atoms with Gasteiger partial charge in [0.1, 0.15) is 18.5 Å². The Kier molecular flexibility index (Phi) is 3.01. The van der Waals surface area contributed by atoms with Crippen molar-refractivity contribution >= 4 is 6.08 Å². The molecule has 0 spiro atoms. The Morgan fingerprint density at radius 1 is 1.47 bits per heavy atom. The molecule has 1 unspecified atom stereocenters. The second kappa shape index (κ2) is 4.63. The van der Waals surface area contributed by atoms with Crippen molar-refractivity contribution in [2.75, 3.05) is 13.2 Å². The summed E-state index contributed by atoms with van der Waals surface area (Å²) < 4.78 is 10.5. The molecule has 1 heterocycles. The van der Waals surface area contributed by atoms with Crippen LogP contribution in [0.4, 0.5) is 0 Å². The van der Waals surface area contributed by atoms with E-state index in [1.54, 1.807) is 6.08 Å². The van der Waals surface area contributed by atoms with E-state index in [0.717, 1.165) is 17.9 Å². The van der Waals surface area contributed by atoms with Gasteiger partial charge >= 0.3 is 0 Å². The minimum absolute atomic E-state index is 0.281. The summed E-state index contributed by atoms with van der Waals surface area (Å²) in [7, 11) is 0. The molecule has 76 valence electrons. The van der Waals surface area contributed by atoms with Crippen molar-refractivity contribution < 1.29 is 9.47 Å². The lowest BCUT2D eigenvalue weighted by Crippen LogP contribution is -2.03. The van der Waals surface area contributed by atoms with Gasteiger partial charge in [0.05, 0.1) is 12.7 Å². The third-order valence-corrected chi connectivity index (χ3v) is 2.07. The van der Waals surface area contributed by atoms with E-state index in [9.17, 15) is 0 Å². The first-order valence-electron chi connectivity index (χ1n) is 4.79. The van der Waals surface area contributed by atoms with E-state index in [-0.39, 0.29) is 6.10 Å². The average Bonchev–Trinajstić information content (AvgIpc) is 3.09. The van der Waals surface area contributed by atoms with Crippen molar-refractivity contribution in [2.24, 2.45) is 0 Å². The Morgan fingerprint density at radius 2 is 2.20 bits per heavy atom. The van der Waals surface area contributed by atoms with Gasteiger partial charge in [0.15, 0.2) is 0 Å². The molecule has 0 radical (unpaired) electrons. The molecule has 0 aromatic heterocycles. The fourth-order valence-corrected chi connectivity index (χ4v) is 1.16. The number of nitrogens with zero attached hydrogens (tertiary/aromatic N) is 1. The number of benzene rings is 1. The number of nitriles is 1. The van der Waals surface area contributed by atoms with Gasteiger partial charge in [0.2, 0.25) is 0 Å². The molecule has 0 bridgehead atoms. The van der Waals surface area contributed by atoms with Crippen molar-refractivity contribution in [3.63, 3.8) is 0 Å². The molecule has 1 saturated heterocycles. The molecule has 15 heavy (non-hydrogen) atoms. The minimum Gasteiger partial charge on any atom is -0.491 e. The molecular weight excluding hydrogens is 190 g/mol. The topological polar surface area (TPSA) is 45.5 Å². The molecule has 1 aliphatic rings. The quantitative estimate of drug-likeness (QED) is 0.553. The Bertz CT molecular complexity index is 385. The summed E-state index contributed by atoms with van der Waals surface area (Å²) in [6, 6.07) is 9.55. The summed E-state index contributed by atoms with van der Waals surface area (Å²) in [4.78, 5) is 0. The molecule has 1 atom stereocenters. The number of epoxide rings is 1. The zero-order valence-corrected chi connectivity index (χ0v) is 8.22. The van der Waals surface area contributed by atoms with E-state index in [1.807, 2.05) is 30.3 Å². The van der Waals surface area contributed by atoms with Gasteiger partial charge < -0.3 is 9.47 Å². The number of hydrogen-bond donors (Lipinski definition) is 0. The molecule has 3 nitrogen and oxygen atoms in total. The molecule has 1 aromatic carbocycles. The van der Waals surface area contributed by atoms with E-state index in [4.69, 9.17) is 14.7 Å². The molecule has 0 amide bonds. The van der Waals surface area contributed by atoms with Crippen LogP contribution in [0.5, 0.6) is 5.75 Å². The maximum absolute atomic E-state index is 8.36. The first-order valence-corrected chi connectivity index (χ1v) is 4.79. The van der Waals surface area contributed by atoms with E-state index in [1.165, 1.54) is 6.08 Å². The van der Waals surface area contributed by atoms with Crippen LogP contribution in [0.15, 0.2) is 30.3 Å². The first kappa shape index (κ1) is 9.75. The van der Waals surface area contributed by atoms with Gasteiger partial charge in [-0.25, -0.2) is 0 Å². The molecule has 1 fully saturated rings. The minimum atomic E-state index is 0.281. The standard InChI is InChI=1S/C12H11NO2/c13-7-1-2-10-3-5-11(6-4-10)14-8-12-9-15-12/h1-6,12H,8-9H2/b2-1+. The van der Waals surface area contributed by atoms with Crippen molar-refractivity contribution in [2.45, 2.75) is 6.10 Å². The molecule has 1 aliphatic heterocycles. The smallest absolute Gasteiger partial charge is 0.119 e. The molecule has 3 heteroatoms. The van der Waals surface area contributed by atoms with Gasteiger partial charge in [0, 0.05) is 6.08 Å². The summed E-state index contributed by atoms with van der Waals surface area (Å²) in [5, 5.41) is 8.36. The van der Waals surface area contributed by atoms with Crippen molar-refractivity contribution in [1.82, 2.24) is 0 Å². The van der Waals surface area contributed by atoms with Gasteiger partial charge in [0.25, 0.3) is 0 Å². The lowest BCUT2D eigenvalue weighted by Gasteiger charge is -2.03. The van der Waals surface area contributed by atoms with Crippen LogP contribution in [0.3, 0.4) is 0 Å². The summed E-state index contributed by atoms with van der Waals surface area (Å²) in [5.41, 5.74) is 0.992. The molecule has 0 N–H and O–H groups in total. The van der Waals surface area contributed by atoms with E-state index >= 15 is 0 Å². The van der Waals surface area contributed by atoms with Gasteiger partial charge in [-0.15, -0.1) is 0 Å². The van der Waals surface area contributed by atoms with Gasteiger partial charge in [-0.3, -0.25) is 0 Å².